The van der Waals surface area contributed by atoms with E-state index in [0.717, 1.165) is 11.3 Å². The summed E-state index contributed by atoms with van der Waals surface area (Å²) in [5, 5.41) is 2.36. The summed E-state index contributed by atoms with van der Waals surface area (Å²) < 4.78 is 31.9. The summed E-state index contributed by atoms with van der Waals surface area (Å²) in [7, 11) is -3.28. The van der Waals surface area contributed by atoms with Crippen LogP contribution in [0, 0.1) is 0 Å². The quantitative estimate of drug-likeness (QED) is 0.588. The zero-order chi connectivity index (χ0) is 22.3. The number of rotatable bonds is 10. The topological polar surface area (TPSA) is 84.5 Å². The lowest BCUT2D eigenvalue weighted by atomic mass is 10.0. The van der Waals surface area contributed by atoms with Crippen LogP contribution in [0.5, 0.6) is 5.75 Å². The van der Waals surface area contributed by atoms with E-state index < -0.39 is 15.3 Å². The molecule has 0 aliphatic carbocycles. The molecule has 0 saturated carbocycles. The molecule has 6 nitrogen and oxygen atoms in total. The van der Waals surface area contributed by atoms with Crippen LogP contribution >= 0.6 is 0 Å². The van der Waals surface area contributed by atoms with E-state index in [9.17, 15) is 13.2 Å². The number of anilines is 1. The van der Waals surface area contributed by atoms with E-state index in [1.165, 1.54) is 5.56 Å². The van der Waals surface area contributed by atoms with Crippen molar-refractivity contribution in [3.63, 3.8) is 0 Å². The third-order valence-corrected chi connectivity index (χ3v) is 6.70. The molecule has 30 heavy (non-hydrogen) atoms. The first kappa shape index (κ1) is 23.9. The van der Waals surface area contributed by atoms with E-state index in [2.05, 4.69) is 23.9 Å². The average molecular weight is 433 g/mol. The lowest BCUT2D eigenvalue weighted by molar-refractivity contribution is -0.118. The van der Waals surface area contributed by atoms with Crippen molar-refractivity contribution in [1.29, 1.82) is 0 Å². The summed E-state index contributed by atoms with van der Waals surface area (Å²) in [6, 6.07) is 15.1. The SMILES string of the molecule is CC(C)c1ccc(NC(=O)COc2ccc(C(C)CNS(=O)(=O)C(C)C)cc2)cc1. The highest BCUT2D eigenvalue weighted by molar-refractivity contribution is 7.90. The molecule has 0 aliphatic heterocycles. The van der Waals surface area contributed by atoms with Gasteiger partial charge in [0.2, 0.25) is 10.0 Å². The van der Waals surface area contributed by atoms with Gasteiger partial charge in [-0.3, -0.25) is 4.79 Å². The van der Waals surface area contributed by atoms with Gasteiger partial charge in [0.1, 0.15) is 5.75 Å². The molecule has 0 heterocycles. The van der Waals surface area contributed by atoms with Crippen LogP contribution in [0.15, 0.2) is 48.5 Å². The van der Waals surface area contributed by atoms with Crippen molar-refractivity contribution in [2.45, 2.75) is 51.7 Å². The first-order valence-electron chi connectivity index (χ1n) is 10.2. The maximum absolute atomic E-state index is 12.1. The second kappa shape index (κ2) is 10.6. The Bertz CT molecular complexity index is 921. The molecule has 0 aromatic heterocycles. The second-order valence-electron chi connectivity index (χ2n) is 8.03. The Hall–Kier alpha value is -2.38. The first-order valence-corrected chi connectivity index (χ1v) is 11.7. The van der Waals surface area contributed by atoms with Gasteiger partial charge >= 0.3 is 0 Å². The minimum absolute atomic E-state index is 0.0182. The van der Waals surface area contributed by atoms with E-state index in [0.29, 0.717) is 18.2 Å². The van der Waals surface area contributed by atoms with E-state index >= 15 is 0 Å². The van der Waals surface area contributed by atoms with E-state index in [1.54, 1.807) is 26.0 Å². The van der Waals surface area contributed by atoms with Gasteiger partial charge in [-0.1, -0.05) is 45.0 Å². The molecule has 164 valence electrons. The Kier molecular flexibility index (Phi) is 8.43. The van der Waals surface area contributed by atoms with Crippen molar-refractivity contribution in [3.05, 3.63) is 59.7 Å². The normalized spacial score (nSPS) is 12.8. The number of ether oxygens (including phenoxy) is 1. The second-order valence-corrected chi connectivity index (χ2v) is 10.3. The van der Waals surface area contributed by atoms with E-state index in [4.69, 9.17) is 4.74 Å². The molecule has 0 spiro atoms. The molecule has 0 saturated heterocycles. The van der Waals surface area contributed by atoms with E-state index in [1.807, 2.05) is 43.3 Å². The van der Waals surface area contributed by atoms with Crippen molar-refractivity contribution < 1.29 is 17.9 Å². The minimum Gasteiger partial charge on any atom is -0.484 e. The Labute approximate surface area is 180 Å². The molecule has 0 aliphatic rings. The van der Waals surface area contributed by atoms with Gasteiger partial charge in [-0.05, 0) is 61.1 Å². The van der Waals surface area contributed by atoms with Gasteiger partial charge in [-0.15, -0.1) is 0 Å². The smallest absolute Gasteiger partial charge is 0.262 e. The van der Waals surface area contributed by atoms with Crippen LogP contribution in [-0.2, 0) is 14.8 Å². The zero-order valence-corrected chi connectivity index (χ0v) is 19.1. The molecule has 1 amide bonds. The van der Waals surface area contributed by atoms with Crippen molar-refractivity contribution in [2.75, 3.05) is 18.5 Å². The van der Waals surface area contributed by atoms with Crippen LogP contribution in [0.2, 0.25) is 0 Å². The highest BCUT2D eigenvalue weighted by Gasteiger charge is 2.17. The molecule has 2 N–H and O–H groups in total. The van der Waals surface area contributed by atoms with E-state index in [-0.39, 0.29) is 18.4 Å². The molecule has 1 unspecified atom stereocenters. The summed E-state index contributed by atoms with van der Waals surface area (Å²) >= 11 is 0. The number of benzene rings is 2. The van der Waals surface area contributed by atoms with Crippen molar-refractivity contribution in [1.82, 2.24) is 4.72 Å². The number of nitrogens with one attached hydrogen (secondary N) is 2. The Morgan fingerprint density at radius 3 is 2.00 bits per heavy atom. The van der Waals surface area contributed by atoms with Crippen molar-refractivity contribution in [3.8, 4) is 5.75 Å². The highest BCUT2D eigenvalue weighted by atomic mass is 32.2. The Balaban J connectivity index is 1.83. The third kappa shape index (κ3) is 7.15. The minimum atomic E-state index is -3.28. The maximum Gasteiger partial charge on any atom is 0.262 e. The van der Waals surface area contributed by atoms with Crippen LogP contribution in [0.1, 0.15) is 57.6 Å². The molecule has 2 aromatic carbocycles. The summed E-state index contributed by atoms with van der Waals surface area (Å²) in [6.07, 6.45) is 0. The molecule has 2 rings (SSSR count). The molecule has 0 radical (unpaired) electrons. The number of carbonyl (C=O) groups excluding carboxylic acids is 1. The van der Waals surface area contributed by atoms with Gasteiger partial charge < -0.3 is 10.1 Å². The van der Waals surface area contributed by atoms with Crippen molar-refractivity contribution >= 4 is 21.6 Å². The predicted molar refractivity (Wildman–Crippen MR) is 122 cm³/mol. The van der Waals surface area contributed by atoms with Gasteiger partial charge in [-0.2, -0.15) is 0 Å². The largest absolute Gasteiger partial charge is 0.484 e. The number of amides is 1. The number of carbonyl (C=O) groups is 1. The summed E-state index contributed by atoms with van der Waals surface area (Å²) in [4.78, 5) is 12.1. The lowest BCUT2D eigenvalue weighted by Crippen LogP contribution is -2.33. The van der Waals surface area contributed by atoms with Crippen LogP contribution in [0.3, 0.4) is 0 Å². The molecular formula is C23H32N2O4S. The van der Waals surface area contributed by atoms with Crippen molar-refractivity contribution in [2.24, 2.45) is 0 Å². The number of sulfonamides is 1. The zero-order valence-electron chi connectivity index (χ0n) is 18.3. The molecule has 7 heteroatoms. The monoisotopic (exact) mass is 432 g/mol. The molecular weight excluding hydrogens is 400 g/mol. The standard InChI is InChI=1S/C23H32N2O4S/c1-16(2)19-6-10-21(11-7-19)25-23(26)15-29-22-12-8-20(9-13-22)18(5)14-24-30(27,28)17(3)4/h6-13,16-18,24H,14-15H2,1-5H3,(H,25,26). The fourth-order valence-corrected chi connectivity index (χ4v) is 3.53. The summed E-state index contributed by atoms with van der Waals surface area (Å²) in [6.45, 7) is 9.74. The fourth-order valence-electron chi connectivity index (χ4n) is 2.72. The Morgan fingerprint density at radius 2 is 1.47 bits per heavy atom. The van der Waals surface area contributed by atoms with Gasteiger partial charge in [0.15, 0.2) is 6.61 Å². The maximum atomic E-state index is 12.1. The third-order valence-electron chi connectivity index (χ3n) is 4.89. The van der Waals surface area contributed by atoms with Gasteiger partial charge in [0.25, 0.3) is 5.91 Å². The van der Waals surface area contributed by atoms with Gasteiger partial charge in [-0.25, -0.2) is 13.1 Å². The average Bonchev–Trinajstić information content (AvgIpc) is 2.71. The number of hydrogen-bond acceptors (Lipinski definition) is 4. The molecule has 0 bridgehead atoms. The first-order chi connectivity index (χ1) is 14.1. The molecule has 2 aromatic rings. The summed E-state index contributed by atoms with van der Waals surface area (Å²) in [5.74, 6) is 0.815. The molecule has 1 atom stereocenters. The van der Waals surface area contributed by atoms with Crippen LogP contribution in [0.4, 0.5) is 5.69 Å². The fraction of sp³-hybridized carbons (Fsp3) is 0.435. The highest BCUT2D eigenvalue weighted by Crippen LogP contribution is 2.20. The number of hydrogen-bond donors (Lipinski definition) is 2. The Morgan fingerprint density at radius 1 is 0.900 bits per heavy atom. The predicted octanol–water partition coefficient (Wildman–Crippen LogP) is 4.26. The lowest BCUT2D eigenvalue weighted by Gasteiger charge is -2.15. The van der Waals surface area contributed by atoms with Crippen LogP contribution in [0.25, 0.3) is 0 Å². The van der Waals surface area contributed by atoms with Gasteiger partial charge in [0, 0.05) is 12.2 Å². The van der Waals surface area contributed by atoms with Gasteiger partial charge in [0.05, 0.1) is 5.25 Å². The van der Waals surface area contributed by atoms with Crippen LogP contribution < -0.4 is 14.8 Å². The molecule has 0 fully saturated rings. The summed E-state index contributed by atoms with van der Waals surface area (Å²) in [5.41, 5.74) is 2.94. The van der Waals surface area contributed by atoms with Crippen LogP contribution in [-0.4, -0.2) is 32.7 Å².